The summed E-state index contributed by atoms with van der Waals surface area (Å²) in [6, 6.07) is 8.91. The summed E-state index contributed by atoms with van der Waals surface area (Å²) in [5, 5.41) is 14.2. The van der Waals surface area contributed by atoms with Gasteiger partial charge in [0.05, 0.1) is 6.61 Å². The fourth-order valence-corrected chi connectivity index (χ4v) is 1.55. The Morgan fingerprint density at radius 3 is 2.79 bits per heavy atom. The lowest BCUT2D eigenvalue weighted by atomic mass is 10.2. The minimum atomic E-state index is -0.673. The van der Waals surface area contributed by atoms with Crippen LogP contribution in [-0.4, -0.2) is 16.1 Å². The number of urea groups is 1. The van der Waals surface area contributed by atoms with Crippen molar-refractivity contribution in [3.8, 4) is 0 Å². The first-order chi connectivity index (χ1) is 9.19. The molecule has 6 heteroatoms. The number of carbonyl (C=O) groups excluding carboxylic acids is 1. The van der Waals surface area contributed by atoms with Gasteiger partial charge < -0.3 is 15.7 Å². The van der Waals surface area contributed by atoms with Crippen LogP contribution in [0.5, 0.6) is 0 Å². The van der Waals surface area contributed by atoms with Crippen molar-refractivity contribution in [1.29, 1.82) is 0 Å². The zero-order valence-electron chi connectivity index (χ0n) is 9.93. The largest absolute Gasteiger partial charge is 0.392 e. The molecule has 1 heterocycles. The maximum Gasteiger partial charge on any atom is 0.323 e. The minimum Gasteiger partial charge on any atom is -0.392 e. The quantitative estimate of drug-likeness (QED) is 0.742. The molecular weight excluding hydrogens is 249 g/mol. The number of nitrogens with one attached hydrogen (secondary N) is 2. The SMILES string of the molecule is O=C(Nc1ccnc(F)c1)Nc1ccccc1CO. The molecule has 0 unspecified atom stereocenters. The molecule has 0 spiro atoms. The zero-order chi connectivity index (χ0) is 13.7. The van der Waals surface area contributed by atoms with Crippen molar-refractivity contribution in [2.45, 2.75) is 6.61 Å². The van der Waals surface area contributed by atoms with Crippen LogP contribution >= 0.6 is 0 Å². The summed E-state index contributed by atoms with van der Waals surface area (Å²) in [6.45, 7) is -0.180. The van der Waals surface area contributed by atoms with Crippen molar-refractivity contribution in [2.24, 2.45) is 0 Å². The molecule has 0 radical (unpaired) electrons. The highest BCUT2D eigenvalue weighted by Gasteiger charge is 2.06. The highest BCUT2D eigenvalue weighted by Crippen LogP contribution is 2.15. The maximum atomic E-state index is 12.8. The molecule has 98 valence electrons. The fourth-order valence-electron chi connectivity index (χ4n) is 1.55. The summed E-state index contributed by atoms with van der Waals surface area (Å²) in [4.78, 5) is 15.1. The van der Waals surface area contributed by atoms with Crippen molar-refractivity contribution in [3.63, 3.8) is 0 Å². The van der Waals surface area contributed by atoms with Gasteiger partial charge in [0, 0.05) is 29.2 Å². The van der Waals surface area contributed by atoms with E-state index in [2.05, 4.69) is 15.6 Å². The molecule has 0 bridgehead atoms. The molecule has 1 aromatic heterocycles. The smallest absolute Gasteiger partial charge is 0.323 e. The third-order valence-electron chi connectivity index (χ3n) is 2.42. The topological polar surface area (TPSA) is 74.2 Å². The number of carbonyl (C=O) groups is 1. The number of aromatic nitrogens is 1. The van der Waals surface area contributed by atoms with Crippen LogP contribution < -0.4 is 10.6 Å². The second-order valence-corrected chi connectivity index (χ2v) is 3.76. The number of pyridine rings is 1. The maximum absolute atomic E-state index is 12.8. The molecule has 3 N–H and O–H groups in total. The predicted molar refractivity (Wildman–Crippen MR) is 69.2 cm³/mol. The first-order valence-electron chi connectivity index (χ1n) is 5.57. The lowest BCUT2D eigenvalue weighted by molar-refractivity contribution is 0.262. The summed E-state index contributed by atoms with van der Waals surface area (Å²) in [5.41, 5.74) is 1.39. The molecule has 0 aliphatic rings. The van der Waals surface area contributed by atoms with Crippen LogP contribution in [0.2, 0.25) is 0 Å². The van der Waals surface area contributed by atoms with Gasteiger partial charge in [-0.1, -0.05) is 18.2 Å². The molecule has 0 aliphatic heterocycles. The molecule has 2 amide bonds. The molecule has 0 atom stereocenters. The molecule has 5 nitrogen and oxygen atoms in total. The molecule has 0 saturated heterocycles. The summed E-state index contributed by atoms with van der Waals surface area (Å²) < 4.78 is 12.8. The summed E-state index contributed by atoms with van der Waals surface area (Å²) in [5.74, 6) is -0.673. The van der Waals surface area contributed by atoms with Crippen LogP contribution in [0.1, 0.15) is 5.56 Å². The van der Waals surface area contributed by atoms with Gasteiger partial charge in [-0.05, 0) is 12.1 Å². The van der Waals surface area contributed by atoms with Crippen molar-refractivity contribution in [2.75, 3.05) is 10.6 Å². The van der Waals surface area contributed by atoms with E-state index in [0.29, 0.717) is 16.9 Å². The van der Waals surface area contributed by atoms with Gasteiger partial charge in [0.2, 0.25) is 5.95 Å². The van der Waals surface area contributed by atoms with Gasteiger partial charge in [-0.2, -0.15) is 4.39 Å². The summed E-state index contributed by atoms with van der Waals surface area (Å²) >= 11 is 0. The van der Waals surface area contributed by atoms with E-state index in [9.17, 15) is 9.18 Å². The van der Waals surface area contributed by atoms with Gasteiger partial charge in [-0.15, -0.1) is 0 Å². The van der Waals surface area contributed by atoms with Crippen LogP contribution in [-0.2, 0) is 6.61 Å². The van der Waals surface area contributed by atoms with Gasteiger partial charge in [0.15, 0.2) is 0 Å². The van der Waals surface area contributed by atoms with Crippen LogP contribution in [0.4, 0.5) is 20.6 Å². The number of amides is 2. The molecule has 2 rings (SSSR count). The van der Waals surface area contributed by atoms with Crippen molar-refractivity contribution in [1.82, 2.24) is 4.98 Å². The molecule has 1 aromatic carbocycles. The first kappa shape index (κ1) is 13.0. The van der Waals surface area contributed by atoms with E-state index < -0.39 is 12.0 Å². The third-order valence-corrected chi connectivity index (χ3v) is 2.42. The Hall–Kier alpha value is -2.47. The molecular formula is C13H12FN3O2. The standard InChI is InChI=1S/C13H12FN3O2/c14-12-7-10(5-6-15-12)16-13(19)17-11-4-2-1-3-9(11)8-18/h1-7,18H,8H2,(H2,15,16,17,19). The number of hydrogen-bond acceptors (Lipinski definition) is 3. The number of para-hydroxylation sites is 1. The number of benzene rings is 1. The Morgan fingerprint density at radius 2 is 2.05 bits per heavy atom. The van der Waals surface area contributed by atoms with Crippen LogP contribution in [0.25, 0.3) is 0 Å². The highest BCUT2D eigenvalue weighted by atomic mass is 19.1. The Morgan fingerprint density at radius 1 is 1.26 bits per heavy atom. The number of rotatable bonds is 3. The zero-order valence-corrected chi connectivity index (χ0v) is 9.93. The van der Waals surface area contributed by atoms with Gasteiger partial charge in [0.25, 0.3) is 0 Å². The molecule has 19 heavy (non-hydrogen) atoms. The molecule has 2 aromatic rings. The lowest BCUT2D eigenvalue weighted by Crippen LogP contribution is -2.20. The predicted octanol–water partition coefficient (Wildman–Crippen LogP) is 2.36. The van der Waals surface area contributed by atoms with E-state index in [-0.39, 0.29) is 6.61 Å². The fraction of sp³-hybridized carbons (Fsp3) is 0.0769. The Bertz CT molecular complexity index is 590. The van der Waals surface area contributed by atoms with Gasteiger partial charge >= 0.3 is 6.03 Å². The van der Waals surface area contributed by atoms with Gasteiger partial charge in [0.1, 0.15) is 0 Å². The molecule has 0 saturated carbocycles. The van der Waals surface area contributed by atoms with Crippen molar-refractivity contribution in [3.05, 3.63) is 54.1 Å². The normalized spacial score (nSPS) is 10.0. The Balaban J connectivity index is 2.05. The van der Waals surface area contributed by atoms with E-state index in [1.807, 2.05) is 0 Å². The monoisotopic (exact) mass is 261 g/mol. The van der Waals surface area contributed by atoms with Crippen molar-refractivity contribution >= 4 is 17.4 Å². The number of halogens is 1. The van der Waals surface area contributed by atoms with E-state index in [0.717, 1.165) is 6.07 Å². The number of nitrogens with zero attached hydrogens (tertiary/aromatic N) is 1. The van der Waals surface area contributed by atoms with Gasteiger partial charge in [-0.25, -0.2) is 9.78 Å². The second-order valence-electron chi connectivity index (χ2n) is 3.76. The van der Waals surface area contributed by atoms with Gasteiger partial charge in [-0.3, -0.25) is 0 Å². The average Bonchev–Trinajstić information content (AvgIpc) is 2.39. The number of aliphatic hydroxyl groups is 1. The van der Waals surface area contributed by atoms with E-state index >= 15 is 0 Å². The second kappa shape index (κ2) is 5.92. The first-order valence-corrected chi connectivity index (χ1v) is 5.57. The van der Waals surface area contributed by atoms with Crippen LogP contribution in [0.15, 0.2) is 42.6 Å². The average molecular weight is 261 g/mol. The summed E-state index contributed by atoms with van der Waals surface area (Å²) in [6.07, 6.45) is 1.26. The van der Waals surface area contributed by atoms with E-state index in [4.69, 9.17) is 5.11 Å². The lowest BCUT2D eigenvalue weighted by Gasteiger charge is -2.10. The van der Waals surface area contributed by atoms with Crippen LogP contribution in [0.3, 0.4) is 0 Å². The number of anilines is 2. The number of hydrogen-bond donors (Lipinski definition) is 3. The van der Waals surface area contributed by atoms with Crippen molar-refractivity contribution < 1.29 is 14.3 Å². The Labute approximate surface area is 109 Å². The van der Waals surface area contributed by atoms with E-state index in [1.165, 1.54) is 12.3 Å². The molecule has 0 aliphatic carbocycles. The highest BCUT2D eigenvalue weighted by molar-refractivity contribution is 6.00. The molecule has 0 fully saturated rings. The third kappa shape index (κ3) is 3.49. The number of aliphatic hydroxyl groups excluding tert-OH is 1. The van der Waals surface area contributed by atoms with Crippen LogP contribution in [0, 0.1) is 5.95 Å². The Kier molecular flexibility index (Phi) is 4.04. The van der Waals surface area contributed by atoms with E-state index in [1.54, 1.807) is 24.3 Å². The summed E-state index contributed by atoms with van der Waals surface area (Å²) in [7, 11) is 0. The minimum absolute atomic E-state index is 0.180.